The molecule has 1 amide bonds. The number of halogens is 1. The van der Waals surface area contributed by atoms with Crippen LogP contribution in [-0.2, 0) is 33.2 Å². The van der Waals surface area contributed by atoms with E-state index in [4.69, 9.17) is 0 Å². The molecule has 2 rings (SSSR count). The monoisotopic (exact) mass is 446 g/mol. The van der Waals surface area contributed by atoms with E-state index in [0.29, 0.717) is 17.5 Å². The summed E-state index contributed by atoms with van der Waals surface area (Å²) < 4.78 is 39.5. The first-order chi connectivity index (χ1) is 14.3. The van der Waals surface area contributed by atoms with Crippen LogP contribution in [0, 0.1) is 11.7 Å². The maximum absolute atomic E-state index is 14.4. The first kappa shape index (κ1) is 24.6. The zero-order valence-corrected chi connectivity index (χ0v) is 19.6. The Labute approximate surface area is 184 Å². The van der Waals surface area contributed by atoms with E-state index in [-0.39, 0.29) is 29.5 Å². The highest BCUT2D eigenvalue weighted by molar-refractivity contribution is 7.92. The van der Waals surface area contributed by atoms with Crippen LogP contribution in [0.15, 0.2) is 43.0 Å². The van der Waals surface area contributed by atoms with E-state index in [0.717, 1.165) is 11.8 Å². The van der Waals surface area contributed by atoms with E-state index in [1.807, 2.05) is 19.1 Å². The molecule has 2 aromatic carbocycles. The second-order valence-electron chi connectivity index (χ2n) is 8.89. The average molecular weight is 447 g/mol. The lowest BCUT2D eigenvalue weighted by atomic mass is 9.86. The van der Waals surface area contributed by atoms with Gasteiger partial charge in [0.1, 0.15) is 5.82 Å². The molecular formula is C24H31FN2O3S. The number of hydrogen-bond acceptors (Lipinski definition) is 3. The van der Waals surface area contributed by atoms with Gasteiger partial charge < -0.3 is 5.32 Å². The topological polar surface area (TPSA) is 75.3 Å². The molecule has 0 bridgehead atoms. The number of anilines is 1. The van der Waals surface area contributed by atoms with Crippen LogP contribution >= 0.6 is 0 Å². The number of sulfonamides is 1. The highest BCUT2D eigenvalue weighted by Crippen LogP contribution is 2.25. The van der Waals surface area contributed by atoms with Crippen molar-refractivity contribution in [1.29, 1.82) is 0 Å². The van der Waals surface area contributed by atoms with Crippen LogP contribution in [0.4, 0.5) is 10.1 Å². The van der Waals surface area contributed by atoms with Crippen LogP contribution in [0.5, 0.6) is 0 Å². The maximum Gasteiger partial charge on any atom is 0.229 e. The summed E-state index contributed by atoms with van der Waals surface area (Å²) in [5, 5.41) is 2.82. The van der Waals surface area contributed by atoms with Gasteiger partial charge in [-0.1, -0.05) is 64.6 Å². The summed E-state index contributed by atoms with van der Waals surface area (Å²) in [7, 11) is -3.63. The second-order valence-corrected chi connectivity index (χ2v) is 10.6. The Kier molecular flexibility index (Phi) is 7.65. The van der Waals surface area contributed by atoms with Crippen LogP contribution in [-0.4, -0.2) is 20.6 Å². The first-order valence-corrected chi connectivity index (χ1v) is 12.0. The molecule has 7 heteroatoms. The number of carbonyl (C=O) groups is 1. The fraction of sp³-hybridized carbons (Fsp3) is 0.375. The van der Waals surface area contributed by atoms with Gasteiger partial charge in [0.25, 0.3) is 0 Å². The summed E-state index contributed by atoms with van der Waals surface area (Å²) in [4.78, 5) is 12.5. The Hall–Kier alpha value is -2.67. The van der Waals surface area contributed by atoms with E-state index >= 15 is 0 Å². The Morgan fingerprint density at radius 1 is 1.16 bits per heavy atom. The van der Waals surface area contributed by atoms with Gasteiger partial charge in [-0.05, 0) is 40.7 Å². The molecule has 5 nitrogen and oxygen atoms in total. The summed E-state index contributed by atoms with van der Waals surface area (Å²) in [6.45, 7) is 12.0. The Morgan fingerprint density at radius 2 is 1.77 bits per heavy atom. The lowest BCUT2D eigenvalue weighted by Crippen LogP contribution is -2.30. The van der Waals surface area contributed by atoms with E-state index in [1.54, 1.807) is 6.07 Å². The Bertz CT molecular complexity index is 1060. The quantitative estimate of drug-likeness (QED) is 0.621. The van der Waals surface area contributed by atoms with Crippen LogP contribution < -0.4 is 10.0 Å². The standard InChI is InChI=1S/C24H31FN2O3S/c1-7-19-13-18(14-21(25)22(19)27-31(6,29)30)15-26-23(28)16(2)12-17-8-10-20(11-9-17)24(3,4)5/h7-11,13-14,16,27H,1,12,15H2,2-6H3,(H,26,28). The minimum absolute atomic E-state index is 0.0769. The van der Waals surface area contributed by atoms with Crippen molar-refractivity contribution in [2.75, 3.05) is 11.0 Å². The fourth-order valence-corrected chi connectivity index (χ4v) is 3.78. The molecule has 168 valence electrons. The third-order valence-electron chi connectivity index (χ3n) is 4.96. The van der Waals surface area contributed by atoms with Crippen molar-refractivity contribution in [3.63, 3.8) is 0 Å². The molecule has 0 saturated heterocycles. The van der Waals surface area contributed by atoms with Crippen molar-refractivity contribution in [3.8, 4) is 0 Å². The van der Waals surface area contributed by atoms with Crippen molar-refractivity contribution in [2.45, 2.75) is 46.1 Å². The van der Waals surface area contributed by atoms with E-state index in [2.05, 4.69) is 49.5 Å². The van der Waals surface area contributed by atoms with Crippen LogP contribution in [0.25, 0.3) is 6.08 Å². The van der Waals surface area contributed by atoms with Crippen molar-refractivity contribution in [3.05, 3.63) is 71.0 Å². The third kappa shape index (κ3) is 7.21. The number of carbonyl (C=O) groups excluding carboxylic acids is 1. The highest BCUT2D eigenvalue weighted by Gasteiger charge is 2.17. The second kappa shape index (κ2) is 9.64. The lowest BCUT2D eigenvalue weighted by molar-refractivity contribution is -0.124. The van der Waals surface area contributed by atoms with Crippen LogP contribution in [0.3, 0.4) is 0 Å². The van der Waals surface area contributed by atoms with Crippen molar-refractivity contribution in [2.24, 2.45) is 5.92 Å². The smallest absolute Gasteiger partial charge is 0.229 e. The predicted octanol–water partition coefficient (Wildman–Crippen LogP) is 4.63. The molecular weight excluding hydrogens is 415 g/mol. The zero-order valence-electron chi connectivity index (χ0n) is 18.8. The van der Waals surface area contributed by atoms with Gasteiger partial charge in [0.05, 0.1) is 11.9 Å². The lowest BCUT2D eigenvalue weighted by Gasteiger charge is -2.19. The molecule has 1 atom stereocenters. The van der Waals surface area contributed by atoms with Gasteiger partial charge in [0.15, 0.2) is 0 Å². The van der Waals surface area contributed by atoms with Crippen molar-refractivity contribution in [1.82, 2.24) is 5.32 Å². The van der Waals surface area contributed by atoms with E-state index < -0.39 is 15.8 Å². The number of benzene rings is 2. The summed E-state index contributed by atoms with van der Waals surface area (Å²) in [6, 6.07) is 11.1. The summed E-state index contributed by atoms with van der Waals surface area (Å²) in [6.07, 6.45) is 2.91. The van der Waals surface area contributed by atoms with E-state index in [1.165, 1.54) is 17.7 Å². The molecule has 0 radical (unpaired) electrons. The molecule has 0 aliphatic carbocycles. The third-order valence-corrected chi connectivity index (χ3v) is 5.54. The molecule has 2 N–H and O–H groups in total. The van der Waals surface area contributed by atoms with Gasteiger partial charge in [-0.3, -0.25) is 9.52 Å². The molecule has 0 aliphatic rings. The first-order valence-electron chi connectivity index (χ1n) is 10.1. The summed E-state index contributed by atoms with van der Waals surface area (Å²) in [5.41, 5.74) is 3.06. The van der Waals surface area contributed by atoms with Crippen molar-refractivity contribution >= 4 is 27.7 Å². The minimum Gasteiger partial charge on any atom is -0.352 e. The van der Waals surface area contributed by atoms with Gasteiger partial charge in [-0.2, -0.15) is 0 Å². The summed E-state index contributed by atoms with van der Waals surface area (Å²) >= 11 is 0. The number of rotatable bonds is 8. The molecule has 2 aromatic rings. The molecule has 0 aliphatic heterocycles. The highest BCUT2D eigenvalue weighted by atomic mass is 32.2. The van der Waals surface area contributed by atoms with Crippen LogP contribution in [0.1, 0.15) is 49.9 Å². The van der Waals surface area contributed by atoms with Gasteiger partial charge in [-0.15, -0.1) is 0 Å². The number of nitrogens with one attached hydrogen (secondary N) is 2. The molecule has 0 heterocycles. The maximum atomic E-state index is 14.4. The molecule has 0 aromatic heterocycles. The Balaban J connectivity index is 2.03. The zero-order chi connectivity index (χ0) is 23.4. The Morgan fingerprint density at radius 3 is 2.29 bits per heavy atom. The molecule has 0 fully saturated rings. The van der Waals surface area contributed by atoms with Crippen molar-refractivity contribution < 1.29 is 17.6 Å². The normalized spacial score (nSPS) is 12.8. The number of amides is 1. The molecule has 0 saturated carbocycles. The fourth-order valence-electron chi connectivity index (χ4n) is 3.19. The molecule has 0 spiro atoms. The summed E-state index contributed by atoms with van der Waals surface area (Å²) in [5.74, 6) is -1.12. The largest absolute Gasteiger partial charge is 0.352 e. The molecule has 31 heavy (non-hydrogen) atoms. The van der Waals surface area contributed by atoms with Gasteiger partial charge in [0, 0.05) is 18.0 Å². The minimum atomic E-state index is -3.63. The SMILES string of the molecule is C=Cc1cc(CNC(=O)C(C)Cc2ccc(C(C)(C)C)cc2)cc(F)c1NS(C)(=O)=O. The average Bonchev–Trinajstić information content (AvgIpc) is 2.66. The van der Waals surface area contributed by atoms with Crippen LogP contribution in [0.2, 0.25) is 0 Å². The molecule has 1 unspecified atom stereocenters. The van der Waals surface area contributed by atoms with Gasteiger partial charge in [0.2, 0.25) is 15.9 Å². The van der Waals surface area contributed by atoms with E-state index in [9.17, 15) is 17.6 Å². The van der Waals surface area contributed by atoms with Gasteiger partial charge in [-0.25, -0.2) is 12.8 Å². The van der Waals surface area contributed by atoms with Gasteiger partial charge >= 0.3 is 0 Å². The number of hydrogen-bond donors (Lipinski definition) is 2. The predicted molar refractivity (Wildman–Crippen MR) is 125 cm³/mol.